The van der Waals surface area contributed by atoms with Crippen molar-refractivity contribution in [2.75, 3.05) is 20.3 Å². The molecular weight excluding hydrogens is 262 g/mol. The Morgan fingerprint density at radius 1 is 1.55 bits per heavy atom. The summed E-state index contributed by atoms with van der Waals surface area (Å²) >= 11 is 0. The van der Waals surface area contributed by atoms with Crippen LogP contribution in [0.3, 0.4) is 0 Å². The summed E-state index contributed by atoms with van der Waals surface area (Å²) < 4.78 is 6.80. The highest BCUT2D eigenvalue weighted by Gasteiger charge is 2.39. The molecule has 1 aliphatic heterocycles. The number of amides is 1. The number of carboxylic acid groups (broad SMARTS) is 1. The van der Waals surface area contributed by atoms with Crippen molar-refractivity contribution >= 4 is 11.9 Å². The number of nitrogens with zero attached hydrogens (tertiary/aromatic N) is 3. The number of aliphatic carboxylic acids is 1. The van der Waals surface area contributed by atoms with Crippen molar-refractivity contribution in [3.8, 4) is 0 Å². The lowest BCUT2D eigenvalue weighted by atomic mass is 10.0. The number of carboxylic acids is 1. The van der Waals surface area contributed by atoms with Crippen LogP contribution in [-0.4, -0.2) is 58.0 Å². The van der Waals surface area contributed by atoms with E-state index in [4.69, 9.17) is 9.84 Å². The Bertz CT molecular complexity index is 526. The summed E-state index contributed by atoms with van der Waals surface area (Å²) in [5.74, 6) is -1.82. The van der Waals surface area contributed by atoms with E-state index in [-0.39, 0.29) is 19.1 Å². The van der Waals surface area contributed by atoms with Crippen LogP contribution in [0, 0.1) is 5.92 Å². The molecule has 1 amide bonds. The highest BCUT2D eigenvalue weighted by Crippen LogP contribution is 2.21. The second-order valence-corrected chi connectivity index (χ2v) is 4.98. The molecule has 7 nitrogen and oxygen atoms in total. The Balaban J connectivity index is 2.21. The SMILES string of the molecule is CCc1nn(C)cc1C(=O)N(C)C1COCC1C(=O)O. The maximum Gasteiger partial charge on any atom is 0.311 e. The first-order valence-electron chi connectivity index (χ1n) is 6.56. The summed E-state index contributed by atoms with van der Waals surface area (Å²) in [7, 11) is 3.37. The van der Waals surface area contributed by atoms with Gasteiger partial charge in [-0.3, -0.25) is 14.3 Å². The van der Waals surface area contributed by atoms with Crippen molar-refractivity contribution in [3.05, 3.63) is 17.5 Å². The number of carbonyl (C=O) groups is 2. The first kappa shape index (κ1) is 14.5. The third kappa shape index (κ3) is 2.53. The van der Waals surface area contributed by atoms with Crippen LogP contribution in [0.1, 0.15) is 23.0 Å². The van der Waals surface area contributed by atoms with E-state index in [0.29, 0.717) is 12.0 Å². The number of likely N-dealkylation sites (N-methyl/N-ethyl adjacent to an activating group) is 1. The van der Waals surface area contributed by atoms with Crippen LogP contribution in [-0.2, 0) is 23.0 Å². The summed E-state index contributed by atoms with van der Waals surface area (Å²) in [5.41, 5.74) is 1.24. The van der Waals surface area contributed by atoms with Gasteiger partial charge in [0.05, 0.1) is 30.5 Å². The Labute approximate surface area is 117 Å². The molecule has 110 valence electrons. The number of aryl methyl sites for hydroxylation is 2. The number of aromatic nitrogens is 2. The molecule has 20 heavy (non-hydrogen) atoms. The van der Waals surface area contributed by atoms with Crippen LogP contribution in [0.15, 0.2) is 6.20 Å². The molecule has 2 atom stereocenters. The molecule has 1 aromatic rings. The topological polar surface area (TPSA) is 84.7 Å². The van der Waals surface area contributed by atoms with E-state index >= 15 is 0 Å². The molecule has 1 fully saturated rings. The van der Waals surface area contributed by atoms with Gasteiger partial charge in [-0.2, -0.15) is 5.10 Å². The molecule has 2 heterocycles. The molecular formula is C13H19N3O4. The summed E-state index contributed by atoms with van der Waals surface area (Å²) in [5, 5.41) is 13.4. The minimum absolute atomic E-state index is 0.144. The van der Waals surface area contributed by atoms with Gasteiger partial charge in [0.2, 0.25) is 0 Å². The zero-order valence-electron chi connectivity index (χ0n) is 11.9. The zero-order valence-corrected chi connectivity index (χ0v) is 11.9. The molecule has 0 aliphatic carbocycles. The first-order chi connectivity index (χ1) is 9.45. The number of hydrogen-bond acceptors (Lipinski definition) is 4. The highest BCUT2D eigenvalue weighted by atomic mass is 16.5. The maximum absolute atomic E-state index is 12.5. The van der Waals surface area contributed by atoms with Crippen LogP contribution in [0.5, 0.6) is 0 Å². The van der Waals surface area contributed by atoms with Crippen molar-refractivity contribution in [1.82, 2.24) is 14.7 Å². The highest BCUT2D eigenvalue weighted by molar-refractivity contribution is 5.95. The average molecular weight is 281 g/mol. The Morgan fingerprint density at radius 2 is 2.25 bits per heavy atom. The Hall–Kier alpha value is -1.89. The van der Waals surface area contributed by atoms with Gasteiger partial charge in [-0.15, -0.1) is 0 Å². The fourth-order valence-corrected chi connectivity index (χ4v) is 2.48. The quantitative estimate of drug-likeness (QED) is 0.849. The number of rotatable bonds is 4. The first-order valence-corrected chi connectivity index (χ1v) is 6.56. The molecule has 0 radical (unpaired) electrons. The largest absolute Gasteiger partial charge is 0.481 e. The summed E-state index contributed by atoms with van der Waals surface area (Å²) in [6, 6.07) is -0.440. The van der Waals surface area contributed by atoms with E-state index in [1.165, 1.54) is 4.90 Å². The lowest BCUT2D eigenvalue weighted by Gasteiger charge is -2.26. The fourth-order valence-electron chi connectivity index (χ4n) is 2.48. The van der Waals surface area contributed by atoms with E-state index in [0.717, 1.165) is 5.69 Å². The van der Waals surface area contributed by atoms with Gasteiger partial charge in [0.15, 0.2) is 0 Å². The molecule has 1 saturated heterocycles. The van der Waals surface area contributed by atoms with E-state index in [1.807, 2.05) is 6.92 Å². The fraction of sp³-hybridized carbons (Fsp3) is 0.615. The van der Waals surface area contributed by atoms with Crippen LogP contribution in [0.4, 0.5) is 0 Å². The molecule has 0 bridgehead atoms. The third-order valence-corrected chi connectivity index (χ3v) is 3.66. The van der Waals surface area contributed by atoms with Crippen molar-refractivity contribution in [2.45, 2.75) is 19.4 Å². The standard InChI is InChI=1S/C13H19N3O4/c1-4-10-8(5-15(2)14-10)12(17)16(3)11-7-20-6-9(11)13(18)19/h5,9,11H,4,6-7H2,1-3H3,(H,18,19). The van der Waals surface area contributed by atoms with E-state index in [1.54, 1.807) is 25.0 Å². The summed E-state index contributed by atoms with van der Waals surface area (Å²) in [6.45, 7) is 2.32. The minimum atomic E-state index is -0.936. The molecule has 1 aromatic heterocycles. The number of carbonyl (C=O) groups excluding carboxylic acids is 1. The molecule has 0 saturated carbocycles. The Kier molecular flexibility index (Phi) is 4.08. The van der Waals surface area contributed by atoms with Crippen LogP contribution >= 0.6 is 0 Å². The minimum Gasteiger partial charge on any atom is -0.481 e. The van der Waals surface area contributed by atoms with Crippen LogP contribution in [0.25, 0.3) is 0 Å². The maximum atomic E-state index is 12.5. The lowest BCUT2D eigenvalue weighted by Crippen LogP contribution is -2.44. The van der Waals surface area contributed by atoms with Crippen molar-refractivity contribution in [2.24, 2.45) is 13.0 Å². The lowest BCUT2D eigenvalue weighted by molar-refractivity contribution is -0.142. The van der Waals surface area contributed by atoms with E-state index < -0.39 is 17.9 Å². The molecule has 0 aromatic carbocycles. The second kappa shape index (κ2) is 5.62. The molecule has 0 spiro atoms. The Morgan fingerprint density at radius 3 is 2.85 bits per heavy atom. The summed E-state index contributed by atoms with van der Waals surface area (Å²) in [4.78, 5) is 25.1. The van der Waals surface area contributed by atoms with Gasteiger partial charge in [-0.05, 0) is 6.42 Å². The monoisotopic (exact) mass is 281 g/mol. The third-order valence-electron chi connectivity index (χ3n) is 3.66. The van der Waals surface area contributed by atoms with Crippen molar-refractivity contribution < 1.29 is 19.4 Å². The number of ether oxygens (including phenoxy) is 1. The molecule has 2 rings (SSSR count). The molecule has 2 unspecified atom stereocenters. The predicted molar refractivity (Wildman–Crippen MR) is 70.4 cm³/mol. The molecule has 1 N–H and O–H groups in total. The van der Waals surface area contributed by atoms with Gasteiger partial charge in [0, 0.05) is 20.3 Å². The van der Waals surface area contributed by atoms with E-state index in [9.17, 15) is 9.59 Å². The van der Waals surface area contributed by atoms with Gasteiger partial charge in [0.25, 0.3) is 5.91 Å². The van der Waals surface area contributed by atoms with Gasteiger partial charge in [-0.1, -0.05) is 6.92 Å². The second-order valence-electron chi connectivity index (χ2n) is 4.98. The average Bonchev–Trinajstić information content (AvgIpc) is 3.02. The zero-order chi connectivity index (χ0) is 14.9. The van der Waals surface area contributed by atoms with Crippen molar-refractivity contribution in [3.63, 3.8) is 0 Å². The van der Waals surface area contributed by atoms with Gasteiger partial charge in [0.1, 0.15) is 5.92 Å². The smallest absolute Gasteiger partial charge is 0.311 e. The van der Waals surface area contributed by atoms with Gasteiger partial charge < -0.3 is 14.7 Å². The van der Waals surface area contributed by atoms with Crippen LogP contribution in [0.2, 0.25) is 0 Å². The van der Waals surface area contributed by atoms with Crippen LogP contribution < -0.4 is 0 Å². The predicted octanol–water partition coefficient (Wildman–Crippen LogP) is 0.154. The summed E-state index contributed by atoms with van der Waals surface area (Å²) in [6.07, 6.45) is 2.32. The molecule has 1 aliphatic rings. The molecule has 7 heteroatoms. The number of hydrogen-bond donors (Lipinski definition) is 1. The van der Waals surface area contributed by atoms with Gasteiger partial charge in [-0.25, -0.2) is 0 Å². The normalized spacial score (nSPS) is 21.9. The van der Waals surface area contributed by atoms with E-state index in [2.05, 4.69) is 5.10 Å². The van der Waals surface area contributed by atoms with Crippen molar-refractivity contribution in [1.29, 1.82) is 0 Å². The van der Waals surface area contributed by atoms with Gasteiger partial charge >= 0.3 is 5.97 Å².